The third-order valence-electron chi connectivity index (χ3n) is 4.16. The van der Waals surface area contributed by atoms with Gasteiger partial charge in [-0.1, -0.05) is 26.0 Å². The monoisotopic (exact) mass is 264 g/mol. The van der Waals surface area contributed by atoms with Crippen LogP contribution in [0.15, 0.2) is 18.2 Å². The van der Waals surface area contributed by atoms with Crippen LogP contribution in [0, 0.1) is 11.2 Å². The van der Waals surface area contributed by atoms with Gasteiger partial charge in [-0.05, 0) is 43.2 Å². The van der Waals surface area contributed by atoms with Crippen molar-refractivity contribution in [1.29, 1.82) is 0 Å². The summed E-state index contributed by atoms with van der Waals surface area (Å²) in [6, 6.07) is 5.09. The highest BCUT2D eigenvalue weighted by Gasteiger charge is 2.26. The fourth-order valence-electron chi connectivity index (χ4n) is 2.88. The summed E-state index contributed by atoms with van der Waals surface area (Å²) in [6.45, 7) is 8.34. The molecule has 1 aromatic rings. The number of halogens is 1. The lowest BCUT2D eigenvalue weighted by atomic mass is 9.85. The predicted molar refractivity (Wildman–Crippen MR) is 78.8 cm³/mol. The molecular formula is C16H25FN2. The summed E-state index contributed by atoms with van der Waals surface area (Å²) in [5.41, 5.74) is 7.98. The zero-order valence-corrected chi connectivity index (χ0v) is 12.2. The molecule has 1 atom stereocenters. The molecule has 1 aliphatic rings. The zero-order valence-electron chi connectivity index (χ0n) is 12.2. The largest absolute Gasteiger partial charge is 0.369 e. The first-order valence-electron chi connectivity index (χ1n) is 7.20. The number of rotatable bonds is 2. The van der Waals surface area contributed by atoms with Crippen LogP contribution < -0.4 is 10.6 Å². The summed E-state index contributed by atoms with van der Waals surface area (Å²) in [4.78, 5) is 2.18. The molecular weight excluding hydrogens is 239 g/mol. The molecule has 1 saturated heterocycles. The molecule has 0 saturated carbocycles. The molecule has 2 N–H and O–H groups in total. The van der Waals surface area contributed by atoms with Crippen molar-refractivity contribution in [3.05, 3.63) is 29.6 Å². The van der Waals surface area contributed by atoms with Crippen LogP contribution in [0.5, 0.6) is 0 Å². The number of hydrogen-bond donors (Lipinski definition) is 1. The quantitative estimate of drug-likeness (QED) is 0.878. The van der Waals surface area contributed by atoms with Gasteiger partial charge in [0.2, 0.25) is 0 Å². The summed E-state index contributed by atoms with van der Waals surface area (Å²) >= 11 is 0. The van der Waals surface area contributed by atoms with Crippen LogP contribution >= 0.6 is 0 Å². The molecule has 2 rings (SSSR count). The van der Waals surface area contributed by atoms with E-state index < -0.39 is 0 Å². The SMILES string of the molecule is C[C@H](N)c1cccc(F)c1N1CCCC(C)(C)CC1. The average molecular weight is 264 g/mol. The molecule has 0 spiro atoms. The van der Waals surface area contributed by atoms with Gasteiger partial charge < -0.3 is 10.6 Å². The van der Waals surface area contributed by atoms with Gasteiger partial charge >= 0.3 is 0 Å². The van der Waals surface area contributed by atoms with E-state index in [9.17, 15) is 4.39 Å². The van der Waals surface area contributed by atoms with Crippen LogP contribution in [0.3, 0.4) is 0 Å². The molecule has 1 fully saturated rings. The topological polar surface area (TPSA) is 29.3 Å². The standard InChI is InChI=1S/C16H25FN2/c1-12(18)13-6-4-7-14(17)15(13)19-10-5-8-16(2,3)9-11-19/h4,6-7,12H,5,8-11,18H2,1-3H3/t12-/m0/s1. The molecule has 1 aromatic carbocycles. The Morgan fingerprint density at radius 3 is 2.68 bits per heavy atom. The molecule has 19 heavy (non-hydrogen) atoms. The van der Waals surface area contributed by atoms with Crippen molar-refractivity contribution >= 4 is 5.69 Å². The van der Waals surface area contributed by atoms with Crippen LogP contribution in [-0.2, 0) is 0 Å². The van der Waals surface area contributed by atoms with E-state index >= 15 is 0 Å². The molecule has 0 aromatic heterocycles. The van der Waals surface area contributed by atoms with E-state index in [4.69, 9.17) is 5.73 Å². The third kappa shape index (κ3) is 3.27. The van der Waals surface area contributed by atoms with Crippen molar-refractivity contribution in [2.75, 3.05) is 18.0 Å². The maximum absolute atomic E-state index is 14.2. The fraction of sp³-hybridized carbons (Fsp3) is 0.625. The van der Waals surface area contributed by atoms with Crippen LogP contribution in [0.4, 0.5) is 10.1 Å². The first-order valence-corrected chi connectivity index (χ1v) is 7.20. The van der Waals surface area contributed by atoms with E-state index in [0.29, 0.717) is 5.41 Å². The number of nitrogens with two attached hydrogens (primary N) is 1. The second kappa shape index (κ2) is 5.49. The molecule has 1 heterocycles. The maximum atomic E-state index is 14.2. The molecule has 0 amide bonds. The Bertz CT molecular complexity index is 440. The van der Waals surface area contributed by atoms with Gasteiger partial charge in [0.15, 0.2) is 0 Å². The molecule has 106 valence electrons. The van der Waals surface area contributed by atoms with Gasteiger partial charge in [0.05, 0.1) is 5.69 Å². The van der Waals surface area contributed by atoms with Gasteiger partial charge in [0, 0.05) is 19.1 Å². The Hall–Kier alpha value is -1.09. The highest BCUT2D eigenvalue weighted by molar-refractivity contribution is 5.56. The molecule has 0 aliphatic carbocycles. The lowest BCUT2D eigenvalue weighted by Crippen LogP contribution is -2.28. The minimum atomic E-state index is -0.144. The normalized spacial score (nSPS) is 21.0. The lowest BCUT2D eigenvalue weighted by molar-refractivity contribution is 0.325. The summed E-state index contributed by atoms with van der Waals surface area (Å²) in [7, 11) is 0. The van der Waals surface area contributed by atoms with E-state index in [1.807, 2.05) is 13.0 Å². The van der Waals surface area contributed by atoms with Gasteiger partial charge in [-0.15, -0.1) is 0 Å². The van der Waals surface area contributed by atoms with Gasteiger partial charge in [-0.2, -0.15) is 0 Å². The highest BCUT2D eigenvalue weighted by Crippen LogP contribution is 2.35. The van der Waals surface area contributed by atoms with Crippen LogP contribution in [0.2, 0.25) is 0 Å². The molecule has 0 unspecified atom stereocenters. The fourth-order valence-corrected chi connectivity index (χ4v) is 2.88. The number of hydrogen-bond acceptors (Lipinski definition) is 2. The number of anilines is 1. The molecule has 2 nitrogen and oxygen atoms in total. The van der Waals surface area contributed by atoms with E-state index in [1.165, 1.54) is 12.5 Å². The smallest absolute Gasteiger partial charge is 0.146 e. The Labute approximate surface area is 115 Å². The van der Waals surface area contributed by atoms with Crippen molar-refractivity contribution in [2.24, 2.45) is 11.1 Å². The van der Waals surface area contributed by atoms with Crippen LogP contribution in [0.1, 0.15) is 51.6 Å². The molecule has 3 heteroatoms. The van der Waals surface area contributed by atoms with Gasteiger partial charge in [0.1, 0.15) is 5.82 Å². The average Bonchev–Trinajstić information content (AvgIpc) is 2.50. The first-order chi connectivity index (χ1) is 8.91. The number of nitrogens with zero attached hydrogens (tertiary/aromatic N) is 1. The second-order valence-electron chi connectivity index (χ2n) is 6.47. The zero-order chi connectivity index (χ0) is 14.0. The van der Waals surface area contributed by atoms with Crippen molar-refractivity contribution in [3.63, 3.8) is 0 Å². The number of benzene rings is 1. The van der Waals surface area contributed by atoms with Crippen molar-refractivity contribution in [3.8, 4) is 0 Å². The minimum absolute atomic E-state index is 0.137. The summed E-state index contributed by atoms with van der Waals surface area (Å²) < 4.78 is 14.2. The van der Waals surface area contributed by atoms with Gasteiger partial charge in [0.25, 0.3) is 0 Å². The molecule has 0 bridgehead atoms. The van der Waals surface area contributed by atoms with Crippen molar-refractivity contribution < 1.29 is 4.39 Å². The van der Waals surface area contributed by atoms with E-state index in [1.54, 1.807) is 6.07 Å². The summed E-state index contributed by atoms with van der Waals surface area (Å²) in [5, 5.41) is 0. The molecule has 1 aliphatic heterocycles. The van der Waals surface area contributed by atoms with Crippen LogP contribution in [0.25, 0.3) is 0 Å². The summed E-state index contributed by atoms with van der Waals surface area (Å²) in [5.74, 6) is -0.144. The van der Waals surface area contributed by atoms with Crippen LogP contribution in [-0.4, -0.2) is 13.1 Å². The summed E-state index contributed by atoms with van der Waals surface area (Å²) in [6.07, 6.45) is 3.41. The lowest BCUT2D eigenvalue weighted by Gasteiger charge is -2.28. The van der Waals surface area contributed by atoms with Crippen molar-refractivity contribution in [2.45, 2.75) is 46.1 Å². The Morgan fingerprint density at radius 1 is 1.26 bits per heavy atom. The Balaban J connectivity index is 2.31. The first kappa shape index (κ1) is 14.3. The highest BCUT2D eigenvalue weighted by atomic mass is 19.1. The van der Waals surface area contributed by atoms with E-state index in [-0.39, 0.29) is 11.9 Å². The van der Waals surface area contributed by atoms with Crippen molar-refractivity contribution in [1.82, 2.24) is 0 Å². The minimum Gasteiger partial charge on any atom is -0.369 e. The van der Waals surface area contributed by atoms with E-state index in [2.05, 4.69) is 18.7 Å². The van der Waals surface area contributed by atoms with Gasteiger partial charge in [-0.3, -0.25) is 0 Å². The van der Waals surface area contributed by atoms with E-state index in [0.717, 1.165) is 37.2 Å². The van der Waals surface area contributed by atoms with Gasteiger partial charge in [-0.25, -0.2) is 4.39 Å². The maximum Gasteiger partial charge on any atom is 0.146 e. The number of para-hydroxylation sites is 1. The third-order valence-corrected chi connectivity index (χ3v) is 4.16. The Morgan fingerprint density at radius 2 is 2.00 bits per heavy atom. The predicted octanol–water partition coefficient (Wildman–Crippen LogP) is 3.86. The Kier molecular flexibility index (Phi) is 4.14. The second-order valence-corrected chi connectivity index (χ2v) is 6.47. The molecule has 0 radical (unpaired) electrons.